The molecule has 1 aromatic heterocycles. The van der Waals surface area contributed by atoms with Gasteiger partial charge in [0.2, 0.25) is 0 Å². The Balaban J connectivity index is 1.71. The van der Waals surface area contributed by atoms with Crippen LogP contribution in [0.15, 0.2) is 17.1 Å². The third-order valence-corrected chi connectivity index (χ3v) is 4.21. The van der Waals surface area contributed by atoms with Gasteiger partial charge in [0.25, 0.3) is 5.91 Å². The molecule has 0 aliphatic carbocycles. The molecule has 0 saturated carbocycles. The predicted octanol–water partition coefficient (Wildman–Crippen LogP) is 2.50. The van der Waals surface area contributed by atoms with Crippen LogP contribution in [0.5, 0.6) is 0 Å². The predicted molar refractivity (Wildman–Crippen MR) is 65.3 cm³/mol. The van der Waals surface area contributed by atoms with E-state index in [0.29, 0.717) is 0 Å². The van der Waals surface area contributed by atoms with Crippen LogP contribution in [0.25, 0.3) is 0 Å². The van der Waals surface area contributed by atoms with Crippen LogP contribution < -0.4 is 0 Å². The number of hydrogen-bond donors (Lipinski definition) is 0. The lowest BCUT2D eigenvalue weighted by atomic mass is 10.1. The third-order valence-electron chi connectivity index (χ3n) is 3.07. The van der Waals surface area contributed by atoms with Crippen molar-refractivity contribution in [3.63, 3.8) is 0 Å². The topological polar surface area (TPSA) is 32.7 Å². The fraction of sp³-hybridized carbons (Fsp3) is 0.500. The van der Waals surface area contributed by atoms with Crippen LogP contribution in [0.1, 0.15) is 39.9 Å². The maximum atomic E-state index is 12.2. The third kappa shape index (κ3) is 1.89. The number of aliphatic imine (C=N–C) groups is 1. The molecule has 1 amide bonds. The van der Waals surface area contributed by atoms with Gasteiger partial charge in [-0.25, -0.2) is 0 Å². The van der Waals surface area contributed by atoms with E-state index in [-0.39, 0.29) is 11.9 Å². The summed E-state index contributed by atoms with van der Waals surface area (Å²) >= 11 is 1.59. The molecule has 0 radical (unpaired) electrons. The van der Waals surface area contributed by atoms with Crippen molar-refractivity contribution in [3.05, 3.63) is 21.9 Å². The first-order valence-corrected chi connectivity index (χ1v) is 6.58. The van der Waals surface area contributed by atoms with Gasteiger partial charge >= 0.3 is 0 Å². The normalized spacial score (nSPS) is 23.5. The quantitative estimate of drug-likeness (QED) is 0.774. The molecule has 1 aromatic rings. The molecule has 1 fully saturated rings. The van der Waals surface area contributed by atoms with E-state index in [1.807, 2.05) is 23.2 Å². The Morgan fingerprint density at radius 2 is 2.06 bits per heavy atom. The van der Waals surface area contributed by atoms with Gasteiger partial charge in [0.05, 0.1) is 4.88 Å². The van der Waals surface area contributed by atoms with Gasteiger partial charge < -0.3 is 4.90 Å². The summed E-state index contributed by atoms with van der Waals surface area (Å²) in [5.74, 6) is 0.205. The molecule has 0 spiro atoms. The van der Waals surface area contributed by atoms with Gasteiger partial charge in [-0.15, -0.1) is 11.3 Å². The Kier molecular flexibility index (Phi) is 2.52. The van der Waals surface area contributed by atoms with Crippen LogP contribution in [0.2, 0.25) is 0 Å². The molecule has 0 aromatic carbocycles. The van der Waals surface area contributed by atoms with Crippen molar-refractivity contribution < 1.29 is 4.79 Å². The van der Waals surface area contributed by atoms with E-state index in [4.69, 9.17) is 0 Å². The van der Waals surface area contributed by atoms with Gasteiger partial charge in [0.1, 0.15) is 6.04 Å². The highest BCUT2D eigenvalue weighted by Crippen LogP contribution is 2.31. The molecule has 3 rings (SSSR count). The minimum atomic E-state index is 0.205. The lowest BCUT2D eigenvalue weighted by Gasteiger charge is -2.26. The van der Waals surface area contributed by atoms with Crippen molar-refractivity contribution in [2.45, 2.75) is 25.3 Å². The van der Waals surface area contributed by atoms with E-state index in [1.54, 1.807) is 11.3 Å². The van der Waals surface area contributed by atoms with Crippen LogP contribution in [-0.4, -0.2) is 30.1 Å². The summed E-state index contributed by atoms with van der Waals surface area (Å²) in [5, 5.41) is 0. The number of nitrogens with zero attached hydrogens (tertiary/aromatic N) is 2. The molecule has 3 nitrogen and oxygen atoms in total. The second kappa shape index (κ2) is 4.01. The maximum absolute atomic E-state index is 12.2. The van der Waals surface area contributed by atoms with E-state index in [1.165, 1.54) is 11.3 Å². The van der Waals surface area contributed by atoms with E-state index in [0.717, 1.165) is 30.8 Å². The molecular formula is C12H14N2OS. The van der Waals surface area contributed by atoms with Crippen molar-refractivity contribution in [2.24, 2.45) is 4.99 Å². The second-order valence-electron chi connectivity index (χ2n) is 4.30. The SMILES string of the molecule is O=C(c1ccc(C2C=N2)s1)N1CCCCC1. The van der Waals surface area contributed by atoms with E-state index >= 15 is 0 Å². The lowest BCUT2D eigenvalue weighted by molar-refractivity contribution is 0.0729. The minimum absolute atomic E-state index is 0.205. The Hall–Kier alpha value is -1.16. The summed E-state index contributed by atoms with van der Waals surface area (Å²) in [6.07, 6.45) is 5.47. The first-order valence-electron chi connectivity index (χ1n) is 5.77. The zero-order valence-electron chi connectivity index (χ0n) is 9.06. The molecular weight excluding hydrogens is 220 g/mol. The van der Waals surface area contributed by atoms with E-state index in [2.05, 4.69) is 4.99 Å². The lowest BCUT2D eigenvalue weighted by Crippen LogP contribution is -2.35. The fourth-order valence-electron chi connectivity index (χ4n) is 2.07. The average Bonchev–Trinajstić information content (AvgIpc) is 3.08. The minimum Gasteiger partial charge on any atom is -0.338 e. The van der Waals surface area contributed by atoms with E-state index < -0.39 is 0 Å². The number of carbonyl (C=O) groups excluding carboxylic acids is 1. The zero-order chi connectivity index (χ0) is 11.0. The standard InChI is InChI=1S/C12H14N2OS/c15-12(14-6-2-1-3-7-14)11-5-4-10(16-11)9-8-13-9/h4-5,8-9H,1-3,6-7H2. The molecule has 4 heteroatoms. The summed E-state index contributed by atoms with van der Waals surface area (Å²) in [7, 11) is 0. The Morgan fingerprint density at radius 3 is 2.75 bits per heavy atom. The van der Waals surface area contributed by atoms with Gasteiger partial charge in [0, 0.05) is 24.2 Å². The van der Waals surface area contributed by atoms with Crippen LogP contribution in [0.3, 0.4) is 0 Å². The smallest absolute Gasteiger partial charge is 0.263 e. The first-order chi connectivity index (χ1) is 7.84. The maximum Gasteiger partial charge on any atom is 0.263 e. The molecule has 2 aliphatic heterocycles. The number of thiophene rings is 1. The zero-order valence-corrected chi connectivity index (χ0v) is 9.87. The Morgan fingerprint density at radius 1 is 1.31 bits per heavy atom. The second-order valence-corrected chi connectivity index (χ2v) is 5.41. The Labute approximate surface area is 98.8 Å². The monoisotopic (exact) mass is 234 g/mol. The molecule has 1 saturated heterocycles. The summed E-state index contributed by atoms with van der Waals surface area (Å²) in [6, 6.07) is 4.24. The number of hydrogen-bond acceptors (Lipinski definition) is 3. The molecule has 3 heterocycles. The highest BCUT2D eigenvalue weighted by molar-refractivity contribution is 7.14. The van der Waals surface area contributed by atoms with Crippen LogP contribution in [-0.2, 0) is 0 Å². The number of amides is 1. The van der Waals surface area contributed by atoms with Crippen molar-refractivity contribution >= 4 is 23.5 Å². The molecule has 0 N–H and O–H groups in total. The van der Waals surface area contributed by atoms with Crippen molar-refractivity contribution in [2.75, 3.05) is 13.1 Å². The number of likely N-dealkylation sites (tertiary alicyclic amines) is 1. The average molecular weight is 234 g/mol. The van der Waals surface area contributed by atoms with Crippen LogP contribution in [0, 0.1) is 0 Å². The van der Waals surface area contributed by atoms with Gasteiger partial charge in [-0.05, 0) is 31.4 Å². The summed E-state index contributed by atoms with van der Waals surface area (Å²) < 4.78 is 0. The summed E-state index contributed by atoms with van der Waals surface area (Å²) in [4.78, 5) is 20.3. The molecule has 0 bridgehead atoms. The van der Waals surface area contributed by atoms with E-state index in [9.17, 15) is 4.79 Å². The Bertz CT molecular complexity index is 426. The molecule has 16 heavy (non-hydrogen) atoms. The summed E-state index contributed by atoms with van der Waals surface area (Å²) in [5.41, 5.74) is 0. The number of rotatable bonds is 2. The molecule has 1 unspecified atom stereocenters. The van der Waals surface area contributed by atoms with Crippen molar-refractivity contribution in [1.82, 2.24) is 4.90 Å². The van der Waals surface area contributed by atoms with Gasteiger partial charge in [-0.2, -0.15) is 0 Å². The number of carbonyl (C=O) groups is 1. The van der Waals surface area contributed by atoms with Gasteiger partial charge in [0.15, 0.2) is 0 Å². The van der Waals surface area contributed by atoms with Gasteiger partial charge in [-0.1, -0.05) is 0 Å². The van der Waals surface area contributed by atoms with Crippen molar-refractivity contribution in [1.29, 1.82) is 0 Å². The van der Waals surface area contributed by atoms with Crippen LogP contribution in [0.4, 0.5) is 0 Å². The molecule has 1 atom stereocenters. The highest BCUT2D eigenvalue weighted by Gasteiger charge is 2.23. The fourth-order valence-corrected chi connectivity index (χ4v) is 3.05. The van der Waals surface area contributed by atoms with Crippen LogP contribution >= 0.6 is 11.3 Å². The first kappa shape index (κ1) is 10.0. The largest absolute Gasteiger partial charge is 0.338 e. The van der Waals surface area contributed by atoms with Gasteiger partial charge in [-0.3, -0.25) is 9.79 Å². The highest BCUT2D eigenvalue weighted by atomic mass is 32.1. The number of piperidine rings is 1. The molecule has 2 aliphatic rings. The molecule has 84 valence electrons. The van der Waals surface area contributed by atoms with Crippen molar-refractivity contribution in [3.8, 4) is 0 Å². The summed E-state index contributed by atoms with van der Waals surface area (Å²) in [6.45, 7) is 1.85.